The summed E-state index contributed by atoms with van der Waals surface area (Å²) in [5, 5.41) is 0.432. The molecule has 0 aliphatic carbocycles. The van der Waals surface area contributed by atoms with E-state index in [4.69, 9.17) is 16.3 Å². The van der Waals surface area contributed by atoms with Crippen LogP contribution in [0.15, 0.2) is 73.2 Å². The third kappa shape index (κ3) is 4.00. The minimum atomic E-state index is 0.278. The lowest BCUT2D eigenvalue weighted by atomic mass is 10.1. The highest BCUT2D eigenvalue weighted by atomic mass is 35.5. The van der Waals surface area contributed by atoms with Crippen LogP contribution < -0.4 is 4.74 Å². The number of imidazole rings is 1. The van der Waals surface area contributed by atoms with E-state index in [2.05, 4.69) is 21.5 Å². The molecule has 3 rings (SSSR count). The minimum absolute atomic E-state index is 0.278. The number of fused-ring (bicyclic) bond motifs is 1. The zero-order valence-corrected chi connectivity index (χ0v) is 15.2. The maximum atomic E-state index is 6.30. The van der Waals surface area contributed by atoms with E-state index >= 15 is 0 Å². The molecule has 0 radical (unpaired) electrons. The Bertz CT molecular complexity index is 975. The average molecular weight is 367 g/mol. The first-order valence-corrected chi connectivity index (χ1v) is 8.63. The van der Waals surface area contributed by atoms with Crippen LogP contribution in [0, 0.1) is 0 Å². The van der Waals surface area contributed by atoms with Crippen LogP contribution in [0.25, 0.3) is 16.9 Å². The Morgan fingerprint density at radius 2 is 2.15 bits per heavy atom. The number of para-hydroxylation sites is 2. The van der Waals surface area contributed by atoms with E-state index in [0.717, 1.165) is 23.0 Å². The predicted molar refractivity (Wildman–Crippen MR) is 105 cm³/mol. The highest BCUT2D eigenvalue weighted by Gasteiger charge is 2.12. The van der Waals surface area contributed by atoms with Gasteiger partial charge in [-0.25, -0.2) is 9.97 Å². The molecule has 0 bridgehead atoms. The Morgan fingerprint density at radius 1 is 1.31 bits per heavy atom. The average Bonchev–Trinajstić information content (AvgIpc) is 3.07. The first-order valence-electron chi connectivity index (χ1n) is 8.25. The first-order chi connectivity index (χ1) is 12.7. The zero-order valence-electron chi connectivity index (χ0n) is 14.5. The van der Waals surface area contributed by atoms with Crippen LogP contribution in [0.4, 0.5) is 0 Å². The number of hydrogen-bond acceptors (Lipinski definition) is 4. The number of aromatic nitrogens is 4. The van der Waals surface area contributed by atoms with Gasteiger partial charge in [0.25, 0.3) is 0 Å². The SMILES string of the molecule is C=C/C=C(\C=C/C)CCOc1ncc(Cl)c(-n2cnc3ccccc32)n1. The van der Waals surface area contributed by atoms with E-state index < -0.39 is 0 Å². The number of hydrogen-bond donors (Lipinski definition) is 0. The Hall–Kier alpha value is -2.92. The lowest BCUT2D eigenvalue weighted by Gasteiger charge is -2.09. The quantitative estimate of drug-likeness (QED) is 0.556. The van der Waals surface area contributed by atoms with Gasteiger partial charge in [0, 0.05) is 6.42 Å². The van der Waals surface area contributed by atoms with Crippen LogP contribution in [0.1, 0.15) is 13.3 Å². The molecule has 132 valence electrons. The van der Waals surface area contributed by atoms with Crippen molar-refractivity contribution in [2.45, 2.75) is 13.3 Å². The number of allylic oxidation sites excluding steroid dienone is 4. The fraction of sp³-hybridized carbons (Fsp3) is 0.150. The van der Waals surface area contributed by atoms with Crippen molar-refractivity contribution in [3.8, 4) is 11.8 Å². The van der Waals surface area contributed by atoms with Gasteiger partial charge in [-0.2, -0.15) is 4.98 Å². The van der Waals surface area contributed by atoms with Crippen molar-refractivity contribution in [3.05, 3.63) is 78.3 Å². The summed E-state index contributed by atoms with van der Waals surface area (Å²) in [5.74, 6) is 0.542. The zero-order chi connectivity index (χ0) is 18.4. The summed E-state index contributed by atoms with van der Waals surface area (Å²) in [7, 11) is 0. The van der Waals surface area contributed by atoms with Crippen molar-refractivity contribution in [2.75, 3.05) is 6.61 Å². The summed E-state index contributed by atoms with van der Waals surface area (Å²) in [6.45, 7) is 6.15. The van der Waals surface area contributed by atoms with Crippen LogP contribution in [0.2, 0.25) is 5.02 Å². The van der Waals surface area contributed by atoms with Gasteiger partial charge in [-0.1, -0.05) is 54.6 Å². The number of halogens is 1. The molecule has 0 fully saturated rings. The van der Waals surface area contributed by atoms with E-state index in [0.29, 0.717) is 17.4 Å². The lowest BCUT2D eigenvalue weighted by Crippen LogP contribution is -2.05. The number of benzene rings is 1. The third-order valence-electron chi connectivity index (χ3n) is 3.72. The summed E-state index contributed by atoms with van der Waals surface area (Å²) in [5.41, 5.74) is 2.91. The molecular weight excluding hydrogens is 348 g/mol. The molecule has 0 saturated carbocycles. The molecule has 3 aromatic rings. The van der Waals surface area contributed by atoms with Gasteiger partial charge in [0.2, 0.25) is 0 Å². The molecule has 0 atom stereocenters. The van der Waals surface area contributed by atoms with Crippen molar-refractivity contribution in [3.63, 3.8) is 0 Å². The highest BCUT2D eigenvalue weighted by Crippen LogP contribution is 2.23. The molecule has 0 N–H and O–H groups in total. The molecule has 0 spiro atoms. The molecule has 0 aliphatic heterocycles. The van der Waals surface area contributed by atoms with Crippen molar-refractivity contribution in [2.24, 2.45) is 0 Å². The Kier molecular flexibility index (Phi) is 5.81. The van der Waals surface area contributed by atoms with E-state index in [9.17, 15) is 0 Å². The van der Waals surface area contributed by atoms with E-state index in [1.165, 1.54) is 0 Å². The smallest absolute Gasteiger partial charge is 0.318 e. The van der Waals surface area contributed by atoms with Crippen LogP contribution in [-0.2, 0) is 0 Å². The minimum Gasteiger partial charge on any atom is -0.463 e. The van der Waals surface area contributed by atoms with Crippen LogP contribution >= 0.6 is 11.6 Å². The monoisotopic (exact) mass is 366 g/mol. The molecule has 2 heterocycles. The predicted octanol–water partition coefficient (Wildman–Crippen LogP) is 4.93. The van der Waals surface area contributed by atoms with Crippen LogP contribution in [-0.4, -0.2) is 26.1 Å². The van der Waals surface area contributed by atoms with E-state index in [1.807, 2.05) is 54.0 Å². The summed E-state index contributed by atoms with van der Waals surface area (Å²) >= 11 is 6.30. The lowest BCUT2D eigenvalue weighted by molar-refractivity contribution is 0.296. The Labute approximate surface area is 157 Å². The summed E-state index contributed by atoms with van der Waals surface area (Å²) in [6, 6.07) is 8.06. The number of nitrogens with zero attached hydrogens (tertiary/aromatic N) is 4. The molecule has 26 heavy (non-hydrogen) atoms. The first kappa shape index (κ1) is 17.9. The standard InChI is InChI=1S/C20H19ClN4O/c1-3-7-15(8-4-2)11-12-26-20-22-13-16(21)19(24-20)25-14-23-17-9-5-6-10-18(17)25/h3-10,13-14H,1,11-12H2,2H3/b8-4-,15-7+. The van der Waals surface area contributed by atoms with Crippen LogP contribution in [0.5, 0.6) is 6.01 Å². The largest absolute Gasteiger partial charge is 0.463 e. The Morgan fingerprint density at radius 3 is 2.96 bits per heavy atom. The van der Waals surface area contributed by atoms with Crippen molar-refractivity contribution in [1.82, 2.24) is 19.5 Å². The van der Waals surface area contributed by atoms with Crippen molar-refractivity contribution >= 4 is 22.6 Å². The fourth-order valence-electron chi connectivity index (χ4n) is 2.56. The topological polar surface area (TPSA) is 52.8 Å². The molecule has 2 aromatic heterocycles. The van der Waals surface area contributed by atoms with Gasteiger partial charge in [0.1, 0.15) is 11.3 Å². The van der Waals surface area contributed by atoms with Crippen molar-refractivity contribution < 1.29 is 4.74 Å². The third-order valence-corrected chi connectivity index (χ3v) is 3.99. The van der Waals surface area contributed by atoms with Crippen molar-refractivity contribution in [1.29, 1.82) is 0 Å². The van der Waals surface area contributed by atoms with Gasteiger partial charge < -0.3 is 4.74 Å². The molecular formula is C20H19ClN4O. The van der Waals surface area contributed by atoms with Crippen LogP contribution in [0.3, 0.4) is 0 Å². The Balaban J connectivity index is 1.80. The number of rotatable bonds is 7. The maximum absolute atomic E-state index is 6.30. The van der Waals surface area contributed by atoms with Gasteiger partial charge >= 0.3 is 6.01 Å². The molecule has 0 amide bonds. The fourth-order valence-corrected chi connectivity index (χ4v) is 2.74. The summed E-state index contributed by atoms with van der Waals surface area (Å²) in [6.07, 6.45) is 11.7. The second-order valence-electron chi connectivity index (χ2n) is 5.50. The normalized spacial score (nSPS) is 12.0. The molecule has 0 unspecified atom stereocenters. The van der Waals surface area contributed by atoms with E-state index in [1.54, 1.807) is 18.6 Å². The molecule has 6 heteroatoms. The van der Waals surface area contributed by atoms with Gasteiger partial charge in [0.05, 0.1) is 23.8 Å². The second kappa shape index (κ2) is 8.45. The molecule has 0 aliphatic rings. The van der Waals surface area contributed by atoms with Gasteiger partial charge in [-0.15, -0.1) is 0 Å². The van der Waals surface area contributed by atoms with E-state index in [-0.39, 0.29) is 6.01 Å². The molecule has 0 saturated heterocycles. The van der Waals surface area contributed by atoms with Gasteiger partial charge in [-0.3, -0.25) is 4.57 Å². The highest BCUT2D eigenvalue weighted by molar-refractivity contribution is 6.32. The summed E-state index contributed by atoms with van der Waals surface area (Å²) in [4.78, 5) is 13.0. The second-order valence-corrected chi connectivity index (χ2v) is 5.91. The summed E-state index contributed by atoms with van der Waals surface area (Å²) < 4.78 is 7.54. The molecule has 1 aromatic carbocycles. The van der Waals surface area contributed by atoms with Gasteiger partial charge in [0.15, 0.2) is 5.82 Å². The maximum Gasteiger partial charge on any atom is 0.318 e. The molecule has 5 nitrogen and oxygen atoms in total. The number of ether oxygens (including phenoxy) is 1. The van der Waals surface area contributed by atoms with Gasteiger partial charge in [-0.05, 0) is 24.6 Å².